The van der Waals surface area contributed by atoms with Gasteiger partial charge in [0.05, 0.1) is 32.3 Å². The van der Waals surface area contributed by atoms with Gasteiger partial charge in [0.15, 0.2) is 0 Å². The maximum absolute atomic E-state index is 15.4. The second-order valence-electron chi connectivity index (χ2n) is 12.1. The Kier molecular flexibility index (Phi) is 7.41. The minimum Gasteiger partial charge on any atom is -0.492 e. The summed E-state index contributed by atoms with van der Waals surface area (Å²) in [5, 5.41) is 22.8. The van der Waals surface area contributed by atoms with Crippen molar-refractivity contribution in [3.05, 3.63) is 76.1 Å². The number of benzene rings is 3. The fourth-order valence-corrected chi connectivity index (χ4v) is 6.26. The van der Waals surface area contributed by atoms with Crippen LogP contribution in [0.3, 0.4) is 0 Å². The molecule has 224 valence electrons. The Morgan fingerprint density at radius 2 is 1.93 bits per heavy atom. The first-order chi connectivity index (χ1) is 20.5. The SMILES string of the molecule is COC(=O)C[C@@H]1COc2cc(O[C@@H]3CCc4c(-c5c(C)cc(-c6nnn(CC(C)(C)O)n6)cc5C)ccc(F)c43)ccc21. The summed E-state index contributed by atoms with van der Waals surface area (Å²) >= 11 is 0. The van der Waals surface area contributed by atoms with Gasteiger partial charge in [-0.2, -0.15) is 4.80 Å². The molecule has 4 aromatic rings. The molecule has 0 unspecified atom stereocenters. The zero-order valence-electron chi connectivity index (χ0n) is 25.0. The van der Waals surface area contributed by atoms with Crippen molar-refractivity contribution in [2.75, 3.05) is 13.7 Å². The van der Waals surface area contributed by atoms with Gasteiger partial charge in [-0.15, -0.1) is 10.2 Å². The topological polar surface area (TPSA) is 109 Å². The molecule has 1 aliphatic carbocycles. The summed E-state index contributed by atoms with van der Waals surface area (Å²) in [5.41, 5.74) is 6.43. The minimum atomic E-state index is -0.957. The molecule has 0 spiro atoms. The number of aliphatic hydroxyl groups is 1. The Morgan fingerprint density at radius 1 is 1.16 bits per heavy atom. The van der Waals surface area contributed by atoms with Crippen LogP contribution >= 0.6 is 0 Å². The minimum absolute atomic E-state index is 0.0583. The molecular formula is C33H35FN4O5. The first-order valence-corrected chi connectivity index (χ1v) is 14.4. The van der Waals surface area contributed by atoms with Crippen LogP contribution in [0.1, 0.15) is 66.5 Å². The number of halogens is 1. The van der Waals surface area contributed by atoms with Gasteiger partial charge in [0, 0.05) is 28.7 Å². The summed E-state index contributed by atoms with van der Waals surface area (Å²) in [6.45, 7) is 8.09. The Morgan fingerprint density at radius 3 is 2.65 bits per heavy atom. The van der Waals surface area contributed by atoms with Crippen LogP contribution < -0.4 is 9.47 Å². The monoisotopic (exact) mass is 586 g/mol. The molecule has 0 amide bonds. The predicted octanol–water partition coefficient (Wildman–Crippen LogP) is 5.64. The van der Waals surface area contributed by atoms with E-state index in [0.29, 0.717) is 42.3 Å². The first-order valence-electron chi connectivity index (χ1n) is 14.4. The van der Waals surface area contributed by atoms with Gasteiger partial charge in [0.25, 0.3) is 0 Å². The van der Waals surface area contributed by atoms with E-state index in [0.717, 1.165) is 38.9 Å². The highest BCUT2D eigenvalue weighted by molar-refractivity contribution is 5.78. The Labute approximate surface area is 249 Å². The second kappa shape index (κ2) is 11.1. The van der Waals surface area contributed by atoms with Gasteiger partial charge >= 0.3 is 5.97 Å². The third-order valence-corrected chi connectivity index (χ3v) is 8.11. The quantitative estimate of drug-likeness (QED) is 0.264. The van der Waals surface area contributed by atoms with E-state index in [1.807, 2.05) is 50.2 Å². The van der Waals surface area contributed by atoms with Crippen molar-refractivity contribution in [1.29, 1.82) is 0 Å². The van der Waals surface area contributed by atoms with Crippen LogP contribution in [0, 0.1) is 19.7 Å². The number of hydrogen-bond acceptors (Lipinski definition) is 8. The van der Waals surface area contributed by atoms with E-state index < -0.39 is 11.7 Å². The lowest BCUT2D eigenvalue weighted by molar-refractivity contribution is -0.141. The number of hydrogen-bond donors (Lipinski definition) is 1. The summed E-state index contributed by atoms with van der Waals surface area (Å²) in [7, 11) is 1.38. The molecule has 2 aliphatic rings. The molecule has 43 heavy (non-hydrogen) atoms. The second-order valence-corrected chi connectivity index (χ2v) is 12.1. The molecule has 1 aliphatic heterocycles. The van der Waals surface area contributed by atoms with Gasteiger partial charge in [-0.1, -0.05) is 12.1 Å². The van der Waals surface area contributed by atoms with Crippen molar-refractivity contribution in [2.45, 2.75) is 71.1 Å². The molecule has 0 fully saturated rings. The number of rotatable bonds is 8. The van der Waals surface area contributed by atoms with Crippen LogP contribution in [0.4, 0.5) is 4.39 Å². The van der Waals surface area contributed by atoms with E-state index in [1.165, 1.54) is 18.0 Å². The zero-order valence-corrected chi connectivity index (χ0v) is 25.0. The number of tetrazole rings is 1. The highest BCUT2D eigenvalue weighted by Gasteiger charge is 2.32. The fourth-order valence-electron chi connectivity index (χ4n) is 6.26. The third-order valence-electron chi connectivity index (χ3n) is 8.11. The van der Waals surface area contributed by atoms with Crippen molar-refractivity contribution in [2.24, 2.45) is 0 Å². The number of fused-ring (bicyclic) bond motifs is 2. The maximum Gasteiger partial charge on any atom is 0.306 e. The molecule has 1 aromatic heterocycles. The van der Waals surface area contributed by atoms with Crippen LogP contribution in [0.15, 0.2) is 42.5 Å². The van der Waals surface area contributed by atoms with E-state index in [4.69, 9.17) is 14.2 Å². The third kappa shape index (κ3) is 5.71. The molecule has 3 aromatic carbocycles. The molecular weight excluding hydrogens is 551 g/mol. The van der Waals surface area contributed by atoms with Crippen molar-refractivity contribution in [3.63, 3.8) is 0 Å². The van der Waals surface area contributed by atoms with E-state index in [9.17, 15) is 9.90 Å². The summed E-state index contributed by atoms with van der Waals surface area (Å²) in [5.74, 6) is 1.15. The first kappa shape index (κ1) is 28.8. The zero-order chi connectivity index (χ0) is 30.5. The summed E-state index contributed by atoms with van der Waals surface area (Å²) in [6, 6.07) is 13.0. The number of aryl methyl sites for hydroxylation is 2. The Hall–Kier alpha value is -4.31. The largest absolute Gasteiger partial charge is 0.492 e. The van der Waals surface area contributed by atoms with Crippen LogP contribution in [-0.4, -0.2) is 50.6 Å². The summed E-state index contributed by atoms with van der Waals surface area (Å²) < 4.78 is 32.4. The number of carbonyl (C=O) groups excluding carboxylic acids is 1. The van der Waals surface area contributed by atoms with Gasteiger partial charge in [-0.05, 0) is 97.8 Å². The average Bonchev–Trinajstić information content (AvgIpc) is 3.68. The Balaban J connectivity index is 1.26. The lowest BCUT2D eigenvalue weighted by Gasteiger charge is -2.19. The number of esters is 1. The van der Waals surface area contributed by atoms with Crippen molar-refractivity contribution in [1.82, 2.24) is 20.2 Å². The number of nitrogens with zero attached hydrogens (tertiary/aromatic N) is 4. The molecule has 9 nitrogen and oxygen atoms in total. The Bertz CT molecular complexity index is 1690. The van der Waals surface area contributed by atoms with Crippen LogP contribution in [0.5, 0.6) is 11.5 Å². The number of methoxy groups -OCH3 is 1. The van der Waals surface area contributed by atoms with Crippen LogP contribution in [-0.2, 0) is 22.5 Å². The number of ether oxygens (including phenoxy) is 3. The lowest BCUT2D eigenvalue weighted by atomic mass is 9.89. The molecule has 0 bridgehead atoms. The van der Waals surface area contributed by atoms with Crippen molar-refractivity contribution >= 4 is 5.97 Å². The van der Waals surface area contributed by atoms with Gasteiger partial charge in [-0.25, -0.2) is 4.39 Å². The summed E-state index contributed by atoms with van der Waals surface area (Å²) in [6.07, 6.45) is 1.15. The van der Waals surface area contributed by atoms with Crippen LogP contribution in [0.2, 0.25) is 0 Å². The van der Waals surface area contributed by atoms with E-state index in [1.54, 1.807) is 13.8 Å². The standard InChI is InChI=1S/C33H35FN4O5/c1-18-12-20(32-35-37-38(36-32)17-33(3,4)40)13-19(2)30(18)24-8-10-26(34)31-25(24)9-11-27(31)43-22-6-7-23-21(14-29(39)41-5)16-42-28(23)15-22/h6-8,10,12-13,15,21,27,40H,9,11,14,16-17H2,1-5H3/t21-,27-/m1/s1. The number of carbonyl (C=O) groups is 1. The highest BCUT2D eigenvalue weighted by atomic mass is 19.1. The molecule has 0 saturated carbocycles. The number of aromatic nitrogens is 4. The summed E-state index contributed by atoms with van der Waals surface area (Å²) in [4.78, 5) is 13.2. The van der Waals surface area contributed by atoms with Crippen molar-refractivity contribution in [3.8, 4) is 34.0 Å². The van der Waals surface area contributed by atoms with E-state index in [-0.39, 0.29) is 30.7 Å². The van der Waals surface area contributed by atoms with Gasteiger partial charge in [0.1, 0.15) is 23.4 Å². The molecule has 1 N–H and O–H groups in total. The van der Waals surface area contributed by atoms with E-state index >= 15 is 4.39 Å². The lowest BCUT2D eigenvalue weighted by Crippen LogP contribution is -2.27. The van der Waals surface area contributed by atoms with Gasteiger partial charge in [-0.3, -0.25) is 4.79 Å². The molecule has 2 atom stereocenters. The van der Waals surface area contributed by atoms with Crippen LogP contribution in [0.25, 0.3) is 22.5 Å². The average molecular weight is 587 g/mol. The fraction of sp³-hybridized carbons (Fsp3) is 0.394. The van der Waals surface area contributed by atoms with Gasteiger partial charge in [0.2, 0.25) is 5.82 Å². The predicted molar refractivity (Wildman–Crippen MR) is 157 cm³/mol. The van der Waals surface area contributed by atoms with Gasteiger partial charge < -0.3 is 19.3 Å². The molecule has 0 radical (unpaired) electrons. The molecule has 2 heterocycles. The normalized spacial score (nSPS) is 17.4. The smallest absolute Gasteiger partial charge is 0.306 e. The molecule has 0 saturated heterocycles. The highest BCUT2D eigenvalue weighted by Crippen LogP contribution is 2.45. The van der Waals surface area contributed by atoms with E-state index in [2.05, 4.69) is 15.4 Å². The molecule has 6 rings (SSSR count). The van der Waals surface area contributed by atoms with Crippen molar-refractivity contribution < 1.29 is 28.5 Å². The molecule has 10 heteroatoms. The maximum atomic E-state index is 15.4.